The molecule has 0 aromatic heterocycles. The smallest absolute Gasteiger partial charge is 0.224 e. The first-order valence-electron chi connectivity index (χ1n) is 8.97. The maximum atomic E-state index is 12.4. The lowest BCUT2D eigenvalue weighted by molar-refractivity contribution is -0.131. The second-order valence-electron chi connectivity index (χ2n) is 6.70. The third kappa shape index (κ3) is 4.75. The second-order valence-corrected chi connectivity index (χ2v) is 6.70. The van der Waals surface area contributed by atoms with Crippen molar-refractivity contribution in [2.45, 2.75) is 39.3 Å². The zero-order chi connectivity index (χ0) is 17.6. The fourth-order valence-electron chi connectivity index (χ4n) is 3.10. The summed E-state index contributed by atoms with van der Waals surface area (Å²) >= 11 is 0. The Hall–Kier alpha value is -2.49. The highest BCUT2D eigenvalue weighted by atomic mass is 16.5. The van der Waals surface area contributed by atoms with Crippen LogP contribution in [0, 0.1) is 0 Å². The molecule has 0 saturated heterocycles. The van der Waals surface area contributed by atoms with Crippen LogP contribution in [0.2, 0.25) is 0 Å². The molecule has 2 aromatic carbocycles. The van der Waals surface area contributed by atoms with Gasteiger partial charge < -0.3 is 15.0 Å². The topological polar surface area (TPSA) is 41.6 Å². The lowest BCUT2D eigenvalue weighted by Crippen LogP contribution is -2.36. The molecule has 4 heteroatoms. The fourth-order valence-corrected chi connectivity index (χ4v) is 3.10. The predicted molar refractivity (Wildman–Crippen MR) is 101 cm³/mol. The molecule has 0 atom stereocenters. The Balaban J connectivity index is 1.45. The maximum Gasteiger partial charge on any atom is 0.224 e. The first-order valence-corrected chi connectivity index (χ1v) is 8.97. The quantitative estimate of drug-likeness (QED) is 0.869. The van der Waals surface area contributed by atoms with Gasteiger partial charge in [0.1, 0.15) is 5.75 Å². The summed E-state index contributed by atoms with van der Waals surface area (Å²) in [4.78, 5) is 14.4. The van der Waals surface area contributed by atoms with E-state index in [1.807, 2.05) is 49.1 Å². The van der Waals surface area contributed by atoms with Gasteiger partial charge in [-0.2, -0.15) is 0 Å². The number of nitrogens with zero attached hydrogens (tertiary/aromatic N) is 1. The van der Waals surface area contributed by atoms with Crippen molar-refractivity contribution in [2.75, 3.05) is 18.4 Å². The Labute approximate surface area is 149 Å². The number of carbonyl (C=O) groups is 1. The van der Waals surface area contributed by atoms with Crippen LogP contribution in [0.15, 0.2) is 48.5 Å². The molecule has 0 unspecified atom stereocenters. The molecule has 1 heterocycles. The zero-order valence-corrected chi connectivity index (χ0v) is 15.0. The summed E-state index contributed by atoms with van der Waals surface area (Å²) in [5, 5.41) is 3.31. The number of amides is 1. The molecule has 2 aromatic rings. The SMILES string of the molecule is CC(C)Oc1ccc(NCCC(=O)N2CCc3ccccc3C2)cc1. The lowest BCUT2D eigenvalue weighted by Gasteiger charge is -2.29. The van der Waals surface area contributed by atoms with Crippen LogP contribution in [0.5, 0.6) is 5.75 Å². The van der Waals surface area contributed by atoms with Crippen molar-refractivity contribution in [3.8, 4) is 5.75 Å². The van der Waals surface area contributed by atoms with Crippen molar-refractivity contribution in [3.05, 3.63) is 59.7 Å². The normalized spacial score (nSPS) is 13.5. The van der Waals surface area contributed by atoms with E-state index in [-0.39, 0.29) is 12.0 Å². The molecule has 0 fully saturated rings. The number of hydrogen-bond donors (Lipinski definition) is 1. The van der Waals surface area contributed by atoms with Gasteiger partial charge in [-0.25, -0.2) is 0 Å². The molecule has 25 heavy (non-hydrogen) atoms. The van der Waals surface area contributed by atoms with Gasteiger partial charge in [0, 0.05) is 31.7 Å². The lowest BCUT2D eigenvalue weighted by atomic mass is 10.00. The van der Waals surface area contributed by atoms with Gasteiger partial charge in [0.2, 0.25) is 5.91 Å². The van der Waals surface area contributed by atoms with Gasteiger partial charge in [-0.3, -0.25) is 4.79 Å². The number of fused-ring (bicyclic) bond motifs is 1. The molecule has 0 bridgehead atoms. The van der Waals surface area contributed by atoms with Gasteiger partial charge in [0.15, 0.2) is 0 Å². The number of benzene rings is 2. The number of carbonyl (C=O) groups excluding carboxylic acids is 1. The zero-order valence-electron chi connectivity index (χ0n) is 15.0. The standard InChI is InChI=1S/C21H26N2O2/c1-16(2)25-20-9-7-19(8-10-20)22-13-11-21(24)23-14-12-17-5-3-4-6-18(17)15-23/h3-10,16,22H,11-15H2,1-2H3. The second kappa shape index (κ2) is 8.06. The Bertz CT molecular complexity index is 710. The van der Waals surface area contributed by atoms with E-state index in [4.69, 9.17) is 4.74 Å². The fraction of sp³-hybridized carbons (Fsp3) is 0.381. The van der Waals surface area contributed by atoms with E-state index in [9.17, 15) is 4.79 Å². The summed E-state index contributed by atoms with van der Waals surface area (Å²) in [6.07, 6.45) is 1.63. The van der Waals surface area contributed by atoms with Crippen molar-refractivity contribution < 1.29 is 9.53 Å². The van der Waals surface area contributed by atoms with Crippen molar-refractivity contribution in [3.63, 3.8) is 0 Å². The molecule has 1 N–H and O–H groups in total. The Kier molecular flexibility index (Phi) is 5.59. The number of nitrogens with one attached hydrogen (secondary N) is 1. The van der Waals surface area contributed by atoms with Crippen LogP contribution < -0.4 is 10.1 Å². The van der Waals surface area contributed by atoms with Gasteiger partial charge in [-0.05, 0) is 55.7 Å². The van der Waals surface area contributed by atoms with Gasteiger partial charge in [0.05, 0.1) is 6.10 Å². The Morgan fingerprint density at radius 1 is 1.12 bits per heavy atom. The van der Waals surface area contributed by atoms with E-state index in [0.717, 1.165) is 30.9 Å². The van der Waals surface area contributed by atoms with E-state index < -0.39 is 0 Å². The van der Waals surface area contributed by atoms with E-state index in [2.05, 4.69) is 23.5 Å². The van der Waals surface area contributed by atoms with E-state index >= 15 is 0 Å². The molecule has 1 aliphatic heterocycles. The summed E-state index contributed by atoms with van der Waals surface area (Å²) in [5.41, 5.74) is 3.65. The predicted octanol–water partition coefficient (Wildman–Crippen LogP) is 3.86. The van der Waals surface area contributed by atoms with Gasteiger partial charge in [-0.1, -0.05) is 24.3 Å². The van der Waals surface area contributed by atoms with Crippen LogP contribution in [0.4, 0.5) is 5.69 Å². The average Bonchev–Trinajstić information content (AvgIpc) is 2.62. The van der Waals surface area contributed by atoms with Crippen LogP contribution in [0.25, 0.3) is 0 Å². The molecular formula is C21H26N2O2. The Morgan fingerprint density at radius 2 is 1.84 bits per heavy atom. The summed E-state index contributed by atoms with van der Waals surface area (Å²) in [6.45, 7) is 6.21. The Morgan fingerprint density at radius 3 is 2.56 bits per heavy atom. The summed E-state index contributed by atoms with van der Waals surface area (Å²) in [7, 11) is 0. The van der Waals surface area contributed by atoms with Crippen molar-refractivity contribution >= 4 is 11.6 Å². The number of rotatable bonds is 6. The number of anilines is 1. The van der Waals surface area contributed by atoms with Crippen LogP contribution in [0.1, 0.15) is 31.4 Å². The summed E-state index contributed by atoms with van der Waals surface area (Å²) in [6, 6.07) is 16.3. The van der Waals surface area contributed by atoms with Gasteiger partial charge in [0.25, 0.3) is 0 Å². The highest BCUT2D eigenvalue weighted by Crippen LogP contribution is 2.19. The van der Waals surface area contributed by atoms with Crippen LogP contribution >= 0.6 is 0 Å². The summed E-state index contributed by atoms with van der Waals surface area (Å²) < 4.78 is 5.63. The highest BCUT2D eigenvalue weighted by molar-refractivity contribution is 5.77. The molecule has 132 valence electrons. The van der Waals surface area contributed by atoms with Crippen LogP contribution in [-0.2, 0) is 17.8 Å². The number of hydrogen-bond acceptors (Lipinski definition) is 3. The van der Waals surface area contributed by atoms with Crippen LogP contribution in [-0.4, -0.2) is 30.0 Å². The molecule has 0 saturated carbocycles. The molecule has 1 amide bonds. The molecular weight excluding hydrogens is 312 g/mol. The minimum absolute atomic E-state index is 0.172. The molecule has 4 nitrogen and oxygen atoms in total. The van der Waals surface area contributed by atoms with Gasteiger partial charge in [-0.15, -0.1) is 0 Å². The molecule has 0 radical (unpaired) electrons. The average molecular weight is 338 g/mol. The largest absolute Gasteiger partial charge is 0.491 e. The molecule has 0 spiro atoms. The highest BCUT2D eigenvalue weighted by Gasteiger charge is 2.19. The number of ether oxygens (including phenoxy) is 1. The molecule has 0 aliphatic carbocycles. The molecule has 1 aliphatic rings. The first kappa shape index (κ1) is 17.3. The maximum absolute atomic E-state index is 12.4. The van der Waals surface area contributed by atoms with E-state index in [1.165, 1.54) is 11.1 Å². The van der Waals surface area contributed by atoms with Crippen molar-refractivity contribution in [2.24, 2.45) is 0 Å². The van der Waals surface area contributed by atoms with Crippen LogP contribution in [0.3, 0.4) is 0 Å². The third-order valence-electron chi connectivity index (χ3n) is 4.38. The monoisotopic (exact) mass is 338 g/mol. The molecule has 3 rings (SSSR count). The van der Waals surface area contributed by atoms with Gasteiger partial charge >= 0.3 is 0 Å². The first-order chi connectivity index (χ1) is 12.1. The van der Waals surface area contributed by atoms with Crippen molar-refractivity contribution in [1.82, 2.24) is 4.90 Å². The minimum atomic E-state index is 0.172. The minimum Gasteiger partial charge on any atom is -0.491 e. The van der Waals surface area contributed by atoms with E-state index in [0.29, 0.717) is 13.0 Å². The summed E-state index contributed by atoms with van der Waals surface area (Å²) in [5.74, 6) is 1.07. The van der Waals surface area contributed by atoms with Crippen molar-refractivity contribution in [1.29, 1.82) is 0 Å². The third-order valence-corrected chi connectivity index (χ3v) is 4.38. The van der Waals surface area contributed by atoms with E-state index in [1.54, 1.807) is 0 Å².